The quantitative estimate of drug-likeness (QED) is 0.535. The number of carbonyl (C=O) groups excluding carboxylic acids is 2. The first-order valence-electron chi connectivity index (χ1n) is 8.60. The Morgan fingerprint density at radius 1 is 1.13 bits per heavy atom. The summed E-state index contributed by atoms with van der Waals surface area (Å²) in [6.07, 6.45) is -3.73. The Bertz CT molecular complexity index is 995. The molecular formula is C19H18F4N2O5. The van der Waals surface area contributed by atoms with Gasteiger partial charge in [-0.1, -0.05) is 0 Å². The molecule has 0 unspecified atom stereocenters. The molecule has 2 N–H and O–H groups in total. The number of amides is 1. The number of nitrogens with zero attached hydrogens (tertiary/aromatic N) is 1. The van der Waals surface area contributed by atoms with Crippen molar-refractivity contribution in [3.63, 3.8) is 0 Å². The van der Waals surface area contributed by atoms with Crippen LogP contribution in [0.2, 0.25) is 0 Å². The summed E-state index contributed by atoms with van der Waals surface area (Å²) in [7, 11) is 0. The van der Waals surface area contributed by atoms with E-state index in [1.54, 1.807) is 6.92 Å². The van der Waals surface area contributed by atoms with Crippen LogP contribution in [0.3, 0.4) is 0 Å². The molecule has 0 aliphatic carbocycles. The van der Waals surface area contributed by atoms with Gasteiger partial charge in [0.05, 0.1) is 17.9 Å². The average molecular weight is 430 g/mol. The Hall–Kier alpha value is -3.37. The predicted molar refractivity (Wildman–Crippen MR) is 96.7 cm³/mol. The number of hydrogen-bond acceptors (Lipinski definition) is 4. The lowest BCUT2D eigenvalue weighted by Gasteiger charge is -2.23. The van der Waals surface area contributed by atoms with Crippen LogP contribution >= 0.6 is 0 Å². The van der Waals surface area contributed by atoms with E-state index >= 15 is 0 Å². The molecule has 7 nitrogen and oxygen atoms in total. The summed E-state index contributed by atoms with van der Waals surface area (Å²) in [5.74, 6) is -4.49. The second-order valence-corrected chi connectivity index (χ2v) is 6.75. The smallest absolute Gasteiger partial charge is 0.416 e. The third-order valence-electron chi connectivity index (χ3n) is 4.18. The maximum absolute atomic E-state index is 13.6. The van der Waals surface area contributed by atoms with E-state index in [9.17, 15) is 37.1 Å². The van der Waals surface area contributed by atoms with E-state index < -0.39 is 46.5 Å². The number of rotatable bonds is 6. The second-order valence-electron chi connectivity index (χ2n) is 6.75. The van der Waals surface area contributed by atoms with Crippen LogP contribution < -0.4 is 5.32 Å². The monoisotopic (exact) mass is 430 g/mol. The zero-order valence-corrected chi connectivity index (χ0v) is 16.1. The predicted octanol–water partition coefficient (Wildman–Crippen LogP) is 3.89. The summed E-state index contributed by atoms with van der Waals surface area (Å²) in [6, 6.07) is 2.46. The lowest BCUT2D eigenvalue weighted by atomic mass is 10.1. The Kier molecular flexibility index (Phi) is 6.24. The number of carboxylic acid groups (broad SMARTS) is 1. The van der Waals surface area contributed by atoms with Gasteiger partial charge in [0, 0.05) is 11.8 Å². The fourth-order valence-corrected chi connectivity index (χ4v) is 2.55. The number of benzene rings is 1. The maximum atomic E-state index is 13.6. The molecule has 0 fully saturated rings. The van der Waals surface area contributed by atoms with Crippen molar-refractivity contribution in [2.45, 2.75) is 32.5 Å². The molecule has 162 valence electrons. The second kappa shape index (κ2) is 8.17. The largest absolute Gasteiger partial charge is 0.480 e. The molecule has 0 bridgehead atoms. The summed E-state index contributed by atoms with van der Waals surface area (Å²) in [5.41, 5.74) is -3.85. The number of alkyl halides is 3. The van der Waals surface area contributed by atoms with Crippen molar-refractivity contribution >= 4 is 23.5 Å². The van der Waals surface area contributed by atoms with Gasteiger partial charge < -0.3 is 19.7 Å². The van der Waals surface area contributed by atoms with E-state index in [2.05, 4.69) is 5.32 Å². The zero-order valence-electron chi connectivity index (χ0n) is 16.1. The van der Waals surface area contributed by atoms with Crippen LogP contribution in [0, 0.1) is 5.82 Å². The number of halogens is 4. The first-order chi connectivity index (χ1) is 13.8. The summed E-state index contributed by atoms with van der Waals surface area (Å²) in [5, 5.41) is 11.7. The standard InChI is InChI=1S/C19H18F4N2O5/c1-4-30-16(27)14-8-13(9-25(14)18(2,3)17(28)29)24-15(26)10-5-11(19(21,22)23)7-12(20)6-10/h5-9H,4H2,1-3H3,(H,24,26)(H,28,29). The van der Waals surface area contributed by atoms with Crippen LogP contribution in [-0.4, -0.2) is 34.1 Å². The molecule has 0 spiro atoms. The number of aliphatic carboxylic acids is 1. The third kappa shape index (κ3) is 4.78. The van der Waals surface area contributed by atoms with E-state index in [-0.39, 0.29) is 24.1 Å². The Labute approximate surface area is 168 Å². The molecule has 0 radical (unpaired) electrons. The van der Waals surface area contributed by atoms with Gasteiger partial charge in [-0.3, -0.25) is 4.79 Å². The highest BCUT2D eigenvalue weighted by Gasteiger charge is 2.34. The Morgan fingerprint density at radius 3 is 2.30 bits per heavy atom. The van der Waals surface area contributed by atoms with Crippen molar-refractivity contribution < 1.29 is 41.8 Å². The van der Waals surface area contributed by atoms with Gasteiger partial charge in [-0.2, -0.15) is 13.2 Å². The Balaban J connectivity index is 2.44. The molecule has 0 saturated carbocycles. The van der Waals surface area contributed by atoms with Crippen molar-refractivity contribution in [1.29, 1.82) is 0 Å². The lowest BCUT2D eigenvalue weighted by molar-refractivity contribution is -0.145. The van der Waals surface area contributed by atoms with Crippen LogP contribution in [0.4, 0.5) is 23.2 Å². The molecule has 30 heavy (non-hydrogen) atoms. The highest BCUT2D eigenvalue weighted by atomic mass is 19.4. The van der Waals surface area contributed by atoms with Gasteiger partial charge in [0.2, 0.25) is 0 Å². The summed E-state index contributed by atoms with van der Waals surface area (Å²) in [4.78, 5) is 36.1. The number of anilines is 1. The molecule has 0 atom stereocenters. The van der Waals surface area contributed by atoms with Crippen LogP contribution in [0.15, 0.2) is 30.5 Å². The first kappa shape index (κ1) is 22.9. The Morgan fingerprint density at radius 2 is 1.77 bits per heavy atom. The molecular weight excluding hydrogens is 412 g/mol. The topological polar surface area (TPSA) is 97.6 Å². The van der Waals surface area contributed by atoms with Gasteiger partial charge in [-0.15, -0.1) is 0 Å². The third-order valence-corrected chi connectivity index (χ3v) is 4.18. The van der Waals surface area contributed by atoms with Crippen molar-refractivity contribution in [2.75, 3.05) is 11.9 Å². The molecule has 2 aromatic rings. The number of aromatic nitrogens is 1. The summed E-state index contributed by atoms with van der Waals surface area (Å²) >= 11 is 0. The summed E-state index contributed by atoms with van der Waals surface area (Å²) < 4.78 is 58.0. The minimum absolute atomic E-state index is 0.00270. The average Bonchev–Trinajstić information content (AvgIpc) is 3.05. The molecule has 1 amide bonds. The van der Waals surface area contributed by atoms with Crippen molar-refractivity contribution in [1.82, 2.24) is 4.57 Å². The van der Waals surface area contributed by atoms with Gasteiger partial charge >= 0.3 is 18.1 Å². The lowest BCUT2D eigenvalue weighted by Crippen LogP contribution is -2.37. The van der Waals surface area contributed by atoms with Crippen LogP contribution in [0.25, 0.3) is 0 Å². The number of esters is 1. The minimum Gasteiger partial charge on any atom is -0.480 e. The molecule has 0 saturated heterocycles. The highest BCUT2D eigenvalue weighted by molar-refractivity contribution is 6.05. The molecule has 2 rings (SSSR count). The van der Waals surface area contributed by atoms with E-state index in [1.165, 1.54) is 13.8 Å². The van der Waals surface area contributed by atoms with Gasteiger partial charge in [0.1, 0.15) is 17.1 Å². The van der Waals surface area contributed by atoms with Crippen molar-refractivity contribution in [3.05, 3.63) is 53.1 Å². The molecule has 0 aliphatic heterocycles. The molecule has 1 heterocycles. The minimum atomic E-state index is -4.86. The van der Waals surface area contributed by atoms with Crippen LogP contribution in [-0.2, 0) is 21.2 Å². The van der Waals surface area contributed by atoms with E-state index in [1.807, 2.05) is 0 Å². The molecule has 0 aliphatic rings. The van der Waals surface area contributed by atoms with Gasteiger partial charge in [-0.25, -0.2) is 14.0 Å². The molecule has 1 aromatic heterocycles. The fraction of sp³-hybridized carbons (Fsp3) is 0.316. The molecule has 11 heteroatoms. The summed E-state index contributed by atoms with van der Waals surface area (Å²) in [6.45, 7) is 4.14. The van der Waals surface area contributed by atoms with Gasteiger partial charge in [0.25, 0.3) is 5.91 Å². The number of ether oxygens (including phenoxy) is 1. The molecule has 1 aromatic carbocycles. The van der Waals surface area contributed by atoms with Gasteiger partial charge in [0.15, 0.2) is 0 Å². The van der Waals surface area contributed by atoms with E-state index in [4.69, 9.17) is 4.74 Å². The van der Waals surface area contributed by atoms with Crippen molar-refractivity contribution in [3.8, 4) is 0 Å². The van der Waals surface area contributed by atoms with E-state index in [0.29, 0.717) is 12.1 Å². The maximum Gasteiger partial charge on any atom is 0.416 e. The highest BCUT2D eigenvalue weighted by Crippen LogP contribution is 2.31. The normalized spacial score (nSPS) is 11.8. The fourth-order valence-electron chi connectivity index (χ4n) is 2.55. The van der Waals surface area contributed by atoms with Crippen LogP contribution in [0.5, 0.6) is 0 Å². The van der Waals surface area contributed by atoms with E-state index in [0.717, 1.165) is 16.8 Å². The van der Waals surface area contributed by atoms with Gasteiger partial charge in [-0.05, 0) is 45.0 Å². The van der Waals surface area contributed by atoms with Crippen molar-refractivity contribution in [2.24, 2.45) is 0 Å². The first-order valence-corrected chi connectivity index (χ1v) is 8.60. The number of hydrogen-bond donors (Lipinski definition) is 2. The zero-order chi connectivity index (χ0) is 22.9. The number of nitrogens with one attached hydrogen (secondary N) is 1. The van der Waals surface area contributed by atoms with Crippen LogP contribution in [0.1, 0.15) is 47.2 Å². The SMILES string of the molecule is CCOC(=O)c1cc(NC(=O)c2cc(F)cc(C(F)(F)F)c2)cn1C(C)(C)C(=O)O. The number of carbonyl (C=O) groups is 3. The number of carboxylic acids is 1.